The summed E-state index contributed by atoms with van der Waals surface area (Å²) < 4.78 is 32.4. The summed E-state index contributed by atoms with van der Waals surface area (Å²) in [4.78, 5) is 0. The van der Waals surface area contributed by atoms with Crippen molar-refractivity contribution < 1.29 is 18.3 Å². The van der Waals surface area contributed by atoms with E-state index in [1.807, 2.05) is 0 Å². The SMILES string of the molecule is Cc1ccc(C(O)c2cc3cccc(F)c3o2)cc1F. The van der Waals surface area contributed by atoms with Crippen molar-refractivity contribution in [1.29, 1.82) is 0 Å². The number of para-hydroxylation sites is 1. The van der Waals surface area contributed by atoms with Crippen molar-refractivity contribution in [2.45, 2.75) is 13.0 Å². The maximum Gasteiger partial charge on any atom is 0.170 e. The molecular formula is C16H12F2O2. The fraction of sp³-hybridized carbons (Fsp3) is 0.125. The Hall–Kier alpha value is -2.20. The first-order valence-electron chi connectivity index (χ1n) is 6.18. The van der Waals surface area contributed by atoms with Gasteiger partial charge in [0.05, 0.1) is 0 Å². The lowest BCUT2D eigenvalue weighted by atomic mass is 10.0. The highest BCUT2D eigenvalue weighted by Gasteiger charge is 2.18. The summed E-state index contributed by atoms with van der Waals surface area (Å²) in [5.41, 5.74) is 0.957. The van der Waals surface area contributed by atoms with E-state index in [2.05, 4.69) is 0 Å². The molecule has 102 valence electrons. The number of fused-ring (bicyclic) bond motifs is 1. The van der Waals surface area contributed by atoms with Crippen molar-refractivity contribution in [3.8, 4) is 0 Å². The van der Waals surface area contributed by atoms with Crippen LogP contribution in [0.15, 0.2) is 46.9 Å². The fourth-order valence-electron chi connectivity index (χ4n) is 2.13. The molecule has 20 heavy (non-hydrogen) atoms. The molecule has 0 saturated carbocycles. The maximum atomic E-state index is 13.5. The van der Waals surface area contributed by atoms with Gasteiger partial charge in [0.2, 0.25) is 0 Å². The zero-order valence-electron chi connectivity index (χ0n) is 10.7. The number of furan rings is 1. The van der Waals surface area contributed by atoms with Crippen LogP contribution in [0.5, 0.6) is 0 Å². The Morgan fingerprint density at radius 1 is 1.05 bits per heavy atom. The number of aliphatic hydroxyl groups is 1. The third-order valence-electron chi connectivity index (χ3n) is 3.30. The van der Waals surface area contributed by atoms with Crippen LogP contribution >= 0.6 is 0 Å². The van der Waals surface area contributed by atoms with Gasteiger partial charge in [-0.25, -0.2) is 8.78 Å². The summed E-state index contributed by atoms with van der Waals surface area (Å²) in [6.45, 7) is 1.64. The molecule has 1 N–H and O–H groups in total. The van der Waals surface area contributed by atoms with Crippen molar-refractivity contribution >= 4 is 11.0 Å². The summed E-state index contributed by atoms with van der Waals surface area (Å²) in [6, 6.07) is 10.5. The van der Waals surface area contributed by atoms with Crippen molar-refractivity contribution in [2.75, 3.05) is 0 Å². The highest BCUT2D eigenvalue weighted by molar-refractivity contribution is 5.78. The van der Waals surface area contributed by atoms with Gasteiger partial charge < -0.3 is 9.52 Å². The summed E-state index contributed by atoms with van der Waals surface area (Å²) in [5.74, 6) is -0.701. The molecule has 2 nitrogen and oxygen atoms in total. The molecule has 0 aliphatic heterocycles. The van der Waals surface area contributed by atoms with E-state index in [1.165, 1.54) is 12.1 Å². The molecule has 4 heteroatoms. The second-order valence-corrected chi connectivity index (χ2v) is 4.72. The fourth-order valence-corrected chi connectivity index (χ4v) is 2.13. The number of aliphatic hydroxyl groups excluding tert-OH is 1. The van der Waals surface area contributed by atoms with Crippen LogP contribution in [0.2, 0.25) is 0 Å². The smallest absolute Gasteiger partial charge is 0.170 e. The minimum absolute atomic E-state index is 0.0918. The van der Waals surface area contributed by atoms with Crippen LogP contribution in [0.25, 0.3) is 11.0 Å². The monoisotopic (exact) mass is 274 g/mol. The Bertz CT molecular complexity index is 777. The molecule has 0 saturated heterocycles. The van der Waals surface area contributed by atoms with E-state index in [0.717, 1.165) is 0 Å². The van der Waals surface area contributed by atoms with Gasteiger partial charge in [0, 0.05) is 5.39 Å². The van der Waals surface area contributed by atoms with Gasteiger partial charge in [-0.1, -0.05) is 24.3 Å². The van der Waals surface area contributed by atoms with E-state index < -0.39 is 17.7 Å². The zero-order chi connectivity index (χ0) is 14.3. The Morgan fingerprint density at radius 3 is 2.55 bits per heavy atom. The van der Waals surface area contributed by atoms with Crippen molar-refractivity contribution in [1.82, 2.24) is 0 Å². The Kier molecular flexibility index (Phi) is 3.03. The summed E-state index contributed by atoms with van der Waals surface area (Å²) in [6.07, 6.45) is -1.13. The molecule has 2 aromatic carbocycles. The van der Waals surface area contributed by atoms with Crippen LogP contribution in [-0.2, 0) is 0 Å². The highest BCUT2D eigenvalue weighted by Crippen LogP contribution is 2.30. The molecular weight excluding hydrogens is 262 g/mol. The molecule has 0 bridgehead atoms. The van der Waals surface area contributed by atoms with E-state index in [-0.39, 0.29) is 11.3 Å². The lowest BCUT2D eigenvalue weighted by molar-refractivity contribution is 0.191. The quantitative estimate of drug-likeness (QED) is 0.763. The van der Waals surface area contributed by atoms with Gasteiger partial charge in [0.25, 0.3) is 0 Å². The Labute approximate surface area is 114 Å². The Morgan fingerprint density at radius 2 is 1.85 bits per heavy atom. The molecule has 0 aliphatic rings. The van der Waals surface area contributed by atoms with Gasteiger partial charge in [-0.15, -0.1) is 0 Å². The lowest BCUT2D eigenvalue weighted by Crippen LogP contribution is -1.99. The van der Waals surface area contributed by atoms with Crippen molar-refractivity contribution in [3.05, 3.63) is 71.0 Å². The molecule has 3 aromatic rings. The van der Waals surface area contributed by atoms with Crippen molar-refractivity contribution in [3.63, 3.8) is 0 Å². The molecule has 0 amide bonds. The standard InChI is InChI=1S/C16H12F2O2/c1-9-5-6-10(7-13(9)18)15(19)14-8-11-3-2-4-12(17)16(11)20-14/h2-8,15,19H,1H3. The van der Waals surface area contributed by atoms with E-state index in [4.69, 9.17) is 4.42 Å². The molecule has 0 spiro atoms. The van der Waals surface area contributed by atoms with Gasteiger partial charge in [0.15, 0.2) is 11.4 Å². The zero-order valence-corrected chi connectivity index (χ0v) is 10.7. The summed E-state index contributed by atoms with van der Waals surface area (Å²) in [5, 5.41) is 10.8. The summed E-state index contributed by atoms with van der Waals surface area (Å²) in [7, 11) is 0. The highest BCUT2D eigenvalue weighted by atomic mass is 19.1. The summed E-state index contributed by atoms with van der Waals surface area (Å²) >= 11 is 0. The predicted molar refractivity (Wildman–Crippen MR) is 71.4 cm³/mol. The Balaban J connectivity index is 2.05. The molecule has 1 unspecified atom stereocenters. The van der Waals surface area contributed by atoms with Crippen LogP contribution < -0.4 is 0 Å². The van der Waals surface area contributed by atoms with E-state index in [0.29, 0.717) is 16.5 Å². The number of halogens is 2. The average molecular weight is 274 g/mol. The minimum atomic E-state index is -1.13. The number of hydrogen-bond acceptors (Lipinski definition) is 2. The molecule has 0 fully saturated rings. The second-order valence-electron chi connectivity index (χ2n) is 4.72. The molecule has 1 heterocycles. The van der Waals surface area contributed by atoms with Crippen LogP contribution in [0.1, 0.15) is 23.0 Å². The largest absolute Gasteiger partial charge is 0.455 e. The third kappa shape index (κ3) is 2.08. The van der Waals surface area contributed by atoms with E-state index in [9.17, 15) is 13.9 Å². The number of aryl methyl sites for hydroxylation is 1. The average Bonchev–Trinajstić information content (AvgIpc) is 2.86. The minimum Gasteiger partial charge on any atom is -0.455 e. The van der Waals surface area contributed by atoms with Crippen LogP contribution in [0, 0.1) is 18.6 Å². The van der Waals surface area contributed by atoms with Crippen LogP contribution in [0.4, 0.5) is 8.78 Å². The van der Waals surface area contributed by atoms with E-state index in [1.54, 1.807) is 37.3 Å². The molecule has 1 aromatic heterocycles. The van der Waals surface area contributed by atoms with Gasteiger partial charge in [0.1, 0.15) is 17.7 Å². The van der Waals surface area contributed by atoms with Gasteiger partial charge in [-0.2, -0.15) is 0 Å². The van der Waals surface area contributed by atoms with Crippen molar-refractivity contribution in [2.24, 2.45) is 0 Å². The number of hydrogen-bond donors (Lipinski definition) is 1. The normalized spacial score (nSPS) is 12.8. The van der Waals surface area contributed by atoms with Crippen LogP contribution in [0.3, 0.4) is 0 Å². The molecule has 0 radical (unpaired) electrons. The first-order chi connectivity index (χ1) is 9.56. The van der Waals surface area contributed by atoms with E-state index >= 15 is 0 Å². The first-order valence-corrected chi connectivity index (χ1v) is 6.18. The van der Waals surface area contributed by atoms with Gasteiger partial charge in [-0.05, 0) is 36.2 Å². The second kappa shape index (κ2) is 4.72. The molecule has 0 aliphatic carbocycles. The lowest BCUT2D eigenvalue weighted by Gasteiger charge is -2.08. The predicted octanol–water partition coefficient (Wildman–Crippen LogP) is 4.10. The number of rotatable bonds is 2. The maximum absolute atomic E-state index is 13.5. The van der Waals surface area contributed by atoms with Crippen LogP contribution in [-0.4, -0.2) is 5.11 Å². The topological polar surface area (TPSA) is 33.4 Å². The molecule has 1 atom stereocenters. The van der Waals surface area contributed by atoms with Gasteiger partial charge in [-0.3, -0.25) is 0 Å². The molecule has 3 rings (SSSR count). The van der Waals surface area contributed by atoms with Gasteiger partial charge >= 0.3 is 0 Å². The third-order valence-corrected chi connectivity index (χ3v) is 3.30. The first kappa shape index (κ1) is 12.8. The number of benzene rings is 2.